The minimum absolute atomic E-state index is 0.246. The van der Waals surface area contributed by atoms with Gasteiger partial charge in [-0.2, -0.15) is 0 Å². The molecule has 3 N–H and O–H groups in total. The highest BCUT2D eigenvalue weighted by atomic mass is 35.5. The molecule has 0 bridgehead atoms. The Morgan fingerprint density at radius 1 is 1.13 bits per heavy atom. The Morgan fingerprint density at radius 3 is 2.61 bits per heavy atom. The SMILES string of the molecule is Nc1ccc(-c2cccc(C3CCC(=O)NC3=O)c2Cl)cc1Cl. The van der Waals surface area contributed by atoms with Gasteiger partial charge in [-0.25, -0.2) is 0 Å². The smallest absolute Gasteiger partial charge is 0.234 e. The third-order valence-corrected chi connectivity index (χ3v) is 4.70. The topological polar surface area (TPSA) is 72.2 Å². The quantitative estimate of drug-likeness (QED) is 0.640. The fraction of sp³-hybridized carbons (Fsp3) is 0.176. The molecule has 1 aliphatic heterocycles. The van der Waals surface area contributed by atoms with E-state index >= 15 is 0 Å². The summed E-state index contributed by atoms with van der Waals surface area (Å²) in [4.78, 5) is 23.4. The van der Waals surface area contributed by atoms with E-state index in [4.69, 9.17) is 28.9 Å². The fourth-order valence-electron chi connectivity index (χ4n) is 2.73. The van der Waals surface area contributed by atoms with Crippen LogP contribution in [0.15, 0.2) is 36.4 Å². The number of nitrogen functional groups attached to an aromatic ring is 1. The van der Waals surface area contributed by atoms with Crippen molar-refractivity contribution in [2.24, 2.45) is 0 Å². The molecule has 1 heterocycles. The van der Waals surface area contributed by atoms with Crippen LogP contribution < -0.4 is 11.1 Å². The van der Waals surface area contributed by atoms with Gasteiger partial charge in [-0.1, -0.05) is 47.5 Å². The Hall–Kier alpha value is -2.04. The van der Waals surface area contributed by atoms with Crippen LogP contribution in [0.5, 0.6) is 0 Å². The van der Waals surface area contributed by atoms with Crippen molar-refractivity contribution in [1.29, 1.82) is 0 Å². The number of anilines is 1. The molecule has 1 fully saturated rings. The molecule has 4 nitrogen and oxygen atoms in total. The number of benzene rings is 2. The Morgan fingerprint density at radius 2 is 1.91 bits per heavy atom. The molecule has 0 radical (unpaired) electrons. The van der Waals surface area contributed by atoms with Crippen molar-refractivity contribution in [3.63, 3.8) is 0 Å². The van der Waals surface area contributed by atoms with Crippen LogP contribution in [0.25, 0.3) is 11.1 Å². The lowest BCUT2D eigenvalue weighted by Gasteiger charge is -2.23. The van der Waals surface area contributed by atoms with E-state index in [1.165, 1.54) is 0 Å². The molecule has 118 valence electrons. The van der Waals surface area contributed by atoms with Crippen LogP contribution >= 0.6 is 23.2 Å². The van der Waals surface area contributed by atoms with Crippen LogP contribution in [0, 0.1) is 0 Å². The zero-order chi connectivity index (χ0) is 16.6. The maximum Gasteiger partial charge on any atom is 0.234 e. The van der Waals surface area contributed by atoms with Gasteiger partial charge >= 0.3 is 0 Å². The van der Waals surface area contributed by atoms with E-state index < -0.39 is 5.92 Å². The van der Waals surface area contributed by atoms with Gasteiger partial charge in [-0.3, -0.25) is 14.9 Å². The Labute approximate surface area is 143 Å². The molecular weight excluding hydrogens is 335 g/mol. The van der Waals surface area contributed by atoms with Crippen molar-refractivity contribution >= 4 is 40.7 Å². The molecule has 0 aromatic heterocycles. The van der Waals surface area contributed by atoms with Crippen LogP contribution in [0.2, 0.25) is 10.0 Å². The second-order valence-corrected chi connectivity index (χ2v) is 6.23. The van der Waals surface area contributed by atoms with Gasteiger partial charge in [0.1, 0.15) is 0 Å². The number of carbonyl (C=O) groups is 2. The van der Waals surface area contributed by atoms with Crippen molar-refractivity contribution in [2.75, 3.05) is 5.73 Å². The molecular formula is C17H14Cl2N2O2. The molecule has 1 atom stereocenters. The molecule has 2 aromatic rings. The number of nitrogens with two attached hydrogens (primary N) is 1. The van der Waals surface area contributed by atoms with Crippen LogP contribution in [0.4, 0.5) is 5.69 Å². The number of carbonyl (C=O) groups excluding carboxylic acids is 2. The number of hydrogen-bond acceptors (Lipinski definition) is 3. The van der Waals surface area contributed by atoms with Crippen molar-refractivity contribution in [1.82, 2.24) is 5.32 Å². The summed E-state index contributed by atoms with van der Waals surface area (Å²) in [6.45, 7) is 0. The van der Waals surface area contributed by atoms with E-state index in [-0.39, 0.29) is 11.8 Å². The summed E-state index contributed by atoms with van der Waals surface area (Å²) in [5.74, 6) is -0.983. The monoisotopic (exact) mass is 348 g/mol. The van der Waals surface area contributed by atoms with Gasteiger partial charge in [0.05, 0.1) is 21.7 Å². The average Bonchev–Trinajstić information content (AvgIpc) is 2.51. The molecule has 1 unspecified atom stereocenters. The summed E-state index contributed by atoms with van der Waals surface area (Å²) >= 11 is 12.6. The van der Waals surface area contributed by atoms with E-state index in [9.17, 15) is 9.59 Å². The van der Waals surface area contributed by atoms with Gasteiger partial charge in [-0.15, -0.1) is 0 Å². The van der Waals surface area contributed by atoms with E-state index in [0.717, 1.165) is 11.1 Å². The molecule has 0 saturated carbocycles. The minimum atomic E-state index is -0.426. The zero-order valence-electron chi connectivity index (χ0n) is 12.1. The predicted octanol–water partition coefficient (Wildman–Crippen LogP) is 3.76. The Kier molecular flexibility index (Phi) is 4.28. The first kappa shape index (κ1) is 15.8. The van der Waals surface area contributed by atoms with Gasteiger partial charge in [0, 0.05) is 12.0 Å². The third-order valence-electron chi connectivity index (χ3n) is 3.95. The second-order valence-electron chi connectivity index (χ2n) is 5.45. The summed E-state index contributed by atoms with van der Waals surface area (Å²) in [6, 6.07) is 10.8. The number of piperidine rings is 1. The lowest BCUT2D eigenvalue weighted by Crippen LogP contribution is -2.39. The molecule has 1 saturated heterocycles. The Bertz CT molecular complexity index is 805. The number of halogens is 2. The van der Waals surface area contributed by atoms with Crippen molar-refractivity contribution in [3.8, 4) is 11.1 Å². The van der Waals surface area contributed by atoms with Crippen LogP contribution in [0.1, 0.15) is 24.3 Å². The fourth-order valence-corrected chi connectivity index (χ4v) is 3.27. The first-order chi connectivity index (χ1) is 11.0. The standard InChI is InChI=1S/C17H14Cl2N2O2/c18-13-8-9(4-6-14(13)20)10-2-1-3-11(16(10)19)12-5-7-15(22)21-17(12)23/h1-4,6,8,12H,5,7,20H2,(H,21,22,23). The van der Waals surface area contributed by atoms with Crippen molar-refractivity contribution in [2.45, 2.75) is 18.8 Å². The highest BCUT2D eigenvalue weighted by Gasteiger charge is 2.30. The van der Waals surface area contributed by atoms with Gasteiger partial charge in [0.15, 0.2) is 0 Å². The maximum atomic E-state index is 12.1. The maximum absolute atomic E-state index is 12.1. The average molecular weight is 349 g/mol. The van der Waals surface area contributed by atoms with E-state index in [2.05, 4.69) is 5.32 Å². The first-order valence-electron chi connectivity index (χ1n) is 7.15. The molecule has 0 spiro atoms. The number of nitrogens with one attached hydrogen (secondary N) is 1. The number of imide groups is 1. The molecule has 1 aliphatic rings. The summed E-state index contributed by atoms with van der Waals surface area (Å²) in [7, 11) is 0. The van der Waals surface area contributed by atoms with Crippen LogP contribution in [-0.2, 0) is 9.59 Å². The van der Waals surface area contributed by atoms with Crippen LogP contribution in [-0.4, -0.2) is 11.8 Å². The second kappa shape index (κ2) is 6.22. The molecule has 0 aliphatic carbocycles. The number of rotatable bonds is 2. The van der Waals surface area contributed by atoms with Crippen LogP contribution in [0.3, 0.4) is 0 Å². The van der Waals surface area contributed by atoms with E-state index in [1.807, 2.05) is 24.3 Å². The molecule has 3 rings (SSSR count). The highest BCUT2D eigenvalue weighted by molar-refractivity contribution is 6.35. The largest absolute Gasteiger partial charge is 0.398 e. The molecule has 2 amide bonds. The number of amides is 2. The zero-order valence-corrected chi connectivity index (χ0v) is 13.6. The first-order valence-corrected chi connectivity index (χ1v) is 7.90. The van der Waals surface area contributed by atoms with E-state index in [1.54, 1.807) is 12.1 Å². The van der Waals surface area contributed by atoms with E-state index in [0.29, 0.717) is 34.1 Å². The predicted molar refractivity (Wildman–Crippen MR) is 91.4 cm³/mol. The van der Waals surface area contributed by atoms with Gasteiger partial charge in [-0.05, 0) is 29.7 Å². The normalized spacial score (nSPS) is 17.9. The van der Waals surface area contributed by atoms with Gasteiger partial charge < -0.3 is 5.73 Å². The lowest BCUT2D eigenvalue weighted by molar-refractivity contribution is -0.134. The Balaban J connectivity index is 2.03. The van der Waals surface area contributed by atoms with Gasteiger partial charge in [0.25, 0.3) is 0 Å². The summed E-state index contributed by atoms with van der Waals surface area (Å²) in [5.41, 5.74) is 8.53. The minimum Gasteiger partial charge on any atom is -0.398 e. The molecule has 23 heavy (non-hydrogen) atoms. The summed E-state index contributed by atoms with van der Waals surface area (Å²) in [5, 5.41) is 3.29. The summed E-state index contributed by atoms with van der Waals surface area (Å²) < 4.78 is 0. The highest BCUT2D eigenvalue weighted by Crippen LogP contribution is 2.38. The molecule has 6 heteroatoms. The third kappa shape index (κ3) is 3.05. The summed E-state index contributed by atoms with van der Waals surface area (Å²) in [6.07, 6.45) is 0.765. The van der Waals surface area contributed by atoms with Crippen molar-refractivity contribution < 1.29 is 9.59 Å². The number of hydrogen-bond donors (Lipinski definition) is 2. The van der Waals surface area contributed by atoms with Crippen molar-refractivity contribution in [3.05, 3.63) is 52.0 Å². The molecule has 2 aromatic carbocycles. The van der Waals surface area contributed by atoms with Gasteiger partial charge in [0.2, 0.25) is 11.8 Å². The lowest BCUT2D eigenvalue weighted by atomic mass is 9.88.